The molecule has 4 aromatic carbocycles. The van der Waals surface area contributed by atoms with E-state index in [0.717, 1.165) is 64.2 Å². The van der Waals surface area contributed by atoms with Crippen molar-refractivity contribution in [3.8, 4) is 0 Å². The van der Waals surface area contributed by atoms with Crippen molar-refractivity contribution in [2.45, 2.75) is 66.0 Å². The monoisotopic (exact) mass is 633 g/mol. The molecule has 0 saturated carbocycles. The SMILES string of the molecule is C=C(C1CCN(C(=O)c2ccc(C(Cc3ccc(F)cc3)=NC(C)CC)c(C)c2)CC1)N(Cc1cccc(F)c1)c1ccccc1C. The van der Waals surface area contributed by atoms with Crippen LogP contribution in [0.3, 0.4) is 0 Å². The normalized spacial score (nSPS) is 14.6. The van der Waals surface area contributed by atoms with Gasteiger partial charge in [0.25, 0.3) is 5.91 Å². The summed E-state index contributed by atoms with van der Waals surface area (Å²) >= 11 is 0. The van der Waals surface area contributed by atoms with Crippen LogP contribution in [0.15, 0.2) is 108 Å². The van der Waals surface area contributed by atoms with Gasteiger partial charge in [-0.25, -0.2) is 8.78 Å². The molecule has 0 aliphatic carbocycles. The van der Waals surface area contributed by atoms with Gasteiger partial charge < -0.3 is 9.80 Å². The highest BCUT2D eigenvalue weighted by Crippen LogP contribution is 2.33. The van der Waals surface area contributed by atoms with E-state index in [4.69, 9.17) is 4.99 Å². The van der Waals surface area contributed by atoms with Crippen LogP contribution in [0.25, 0.3) is 0 Å². The molecule has 47 heavy (non-hydrogen) atoms. The number of hydrogen-bond donors (Lipinski definition) is 0. The highest BCUT2D eigenvalue weighted by atomic mass is 19.1. The molecule has 4 nitrogen and oxygen atoms in total. The largest absolute Gasteiger partial charge is 0.341 e. The Morgan fingerprint density at radius 3 is 2.28 bits per heavy atom. The molecule has 0 aromatic heterocycles. The number of benzene rings is 4. The summed E-state index contributed by atoms with van der Waals surface area (Å²) in [5.74, 6) is -0.283. The third-order valence-corrected chi connectivity index (χ3v) is 9.27. The number of likely N-dealkylation sites (tertiary alicyclic amines) is 1. The first-order valence-corrected chi connectivity index (χ1v) is 16.6. The summed E-state index contributed by atoms with van der Waals surface area (Å²) in [5, 5.41) is 0. The first kappa shape index (κ1) is 33.8. The summed E-state index contributed by atoms with van der Waals surface area (Å²) < 4.78 is 27.6. The molecule has 0 spiro atoms. The molecule has 1 fully saturated rings. The minimum Gasteiger partial charge on any atom is -0.341 e. The maximum absolute atomic E-state index is 14.1. The van der Waals surface area contributed by atoms with Gasteiger partial charge in [-0.2, -0.15) is 0 Å². The van der Waals surface area contributed by atoms with Crippen LogP contribution in [0.5, 0.6) is 0 Å². The van der Waals surface area contributed by atoms with Gasteiger partial charge in [-0.1, -0.05) is 62.0 Å². The topological polar surface area (TPSA) is 35.9 Å². The lowest BCUT2D eigenvalue weighted by atomic mass is 9.91. The van der Waals surface area contributed by atoms with Gasteiger partial charge in [0.1, 0.15) is 11.6 Å². The number of halogens is 2. The van der Waals surface area contributed by atoms with Gasteiger partial charge >= 0.3 is 0 Å². The second kappa shape index (κ2) is 15.3. The van der Waals surface area contributed by atoms with E-state index in [1.165, 1.54) is 18.2 Å². The summed E-state index contributed by atoms with van der Waals surface area (Å²) in [7, 11) is 0. The maximum atomic E-state index is 14.1. The molecule has 6 heteroatoms. The Morgan fingerprint density at radius 1 is 0.894 bits per heavy atom. The number of rotatable bonds is 11. The number of amides is 1. The molecule has 0 radical (unpaired) electrons. The Bertz CT molecular complexity index is 1740. The highest BCUT2D eigenvalue weighted by Gasteiger charge is 2.28. The predicted molar refractivity (Wildman–Crippen MR) is 189 cm³/mol. The van der Waals surface area contributed by atoms with Crippen LogP contribution in [-0.4, -0.2) is 35.7 Å². The van der Waals surface area contributed by atoms with Gasteiger partial charge in [0.05, 0.1) is 0 Å². The van der Waals surface area contributed by atoms with Crippen molar-refractivity contribution in [1.29, 1.82) is 0 Å². The number of piperidine rings is 1. The smallest absolute Gasteiger partial charge is 0.253 e. The number of anilines is 1. The molecule has 4 aromatic rings. The van der Waals surface area contributed by atoms with Crippen molar-refractivity contribution in [3.05, 3.63) is 148 Å². The highest BCUT2D eigenvalue weighted by molar-refractivity contribution is 6.04. The van der Waals surface area contributed by atoms with Crippen molar-refractivity contribution in [2.75, 3.05) is 18.0 Å². The molecule has 5 rings (SSSR count). The Morgan fingerprint density at radius 2 is 1.62 bits per heavy atom. The van der Waals surface area contributed by atoms with Gasteiger partial charge in [-0.3, -0.25) is 9.79 Å². The maximum Gasteiger partial charge on any atom is 0.253 e. The zero-order chi connectivity index (χ0) is 33.5. The van der Waals surface area contributed by atoms with E-state index in [-0.39, 0.29) is 29.5 Å². The van der Waals surface area contributed by atoms with Gasteiger partial charge in [0, 0.05) is 60.7 Å². The van der Waals surface area contributed by atoms with Crippen LogP contribution in [0, 0.1) is 31.4 Å². The van der Waals surface area contributed by atoms with Crippen molar-refractivity contribution < 1.29 is 13.6 Å². The lowest BCUT2D eigenvalue weighted by molar-refractivity contribution is 0.0701. The van der Waals surface area contributed by atoms with Gasteiger partial charge in [-0.05, 0) is 110 Å². The van der Waals surface area contributed by atoms with E-state index in [1.807, 2.05) is 48.2 Å². The molecule has 1 aliphatic heterocycles. The fraction of sp³-hybridized carbons (Fsp3) is 0.317. The van der Waals surface area contributed by atoms with Crippen LogP contribution in [0.2, 0.25) is 0 Å². The number of hydrogen-bond acceptors (Lipinski definition) is 3. The van der Waals surface area contributed by atoms with E-state index >= 15 is 0 Å². The molecule has 1 atom stereocenters. The minimum atomic E-state index is -0.256. The van der Waals surface area contributed by atoms with Gasteiger partial charge in [0.2, 0.25) is 0 Å². The Kier molecular flexibility index (Phi) is 11.0. The zero-order valence-electron chi connectivity index (χ0n) is 28.0. The van der Waals surface area contributed by atoms with Crippen molar-refractivity contribution in [3.63, 3.8) is 0 Å². The lowest BCUT2D eigenvalue weighted by Gasteiger charge is -2.38. The quantitative estimate of drug-likeness (QED) is 0.154. The second-order valence-corrected chi connectivity index (χ2v) is 12.7. The Labute approximate surface area is 278 Å². The summed E-state index contributed by atoms with van der Waals surface area (Å²) in [6, 6.07) is 27.5. The summed E-state index contributed by atoms with van der Waals surface area (Å²) in [6.45, 7) is 14.6. The van der Waals surface area contributed by atoms with Crippen molar-refractivity contribution in [2.24, 2.45) is 10.9 Å². The number of carbonyl (C=O) groups is 1. The molecule has 1 saturated heterocycles. The number of carbonyl (C=O) groups excluding carboxylic acids is 1. The fourth-order valence-electron chi connectivity index (χ4n) is 6.33. The van der Waals surface area contributed by atoms with E-state index in [2.05, 4.69) is 44.4 Å². The average Bonchev–Trinajstić information content (AvgIpc) is 3.07. The molecule has 1 unspecified atom stereocenters. The predicted octanol–water partition coefficient (Wildman–Crippen LogP) is 9.48. The number of aliphatic imine (C=N–C) groups is 1. The van der Waals surface area contributed by atoms with E-state index in [9.17, 15) is 13.6 Å². The summed E-state index contributed by atoms with van der Waals surface area (Å²) in [4.78, 5) is 22.9. The molecular weight excluding hydrogens is 588 g/mol. The average molecular weight is 634 g/mol. The Hall–Kier alpha value is -4.58. The van der Waals surface area contributed by atoms with E-state index in [1.54, 1.807) is 24.3 Å². The van der Waals surface area contributed by atoms with Crippen LogP contribution >= 0.6 is 0 Å². The van der Waals surface area contributed by atoms with Gasteiger partial charge in [0.15, 0.2) is 0 Å². The van der Waals surface area contributed by atoms with Crippen molar-refractivity contribution >= 4 is 17.3 Å². The summed E-state index contributed by atoms with van der Waals surface area (Å²) in [5.41, 5.74) is 8.68. The molecule has 1 heterocycles. The first-order valence-electron chi connectivity index (χ1n) is 16.6. The Balaban J connectivity index is 1.29. The number of aryl methyl sites for hydroxylation is 2. The van der Waals surface area contributed by atoms with Crippen LogP contribution in [0.1, 0.15) is 71.3 Å². The van der Waals surface area contributed by atoms with Crippen molar-refractivity contribution in [1.82, 2.24) is 4.90 Å². The van der Waals surface area contributed by atoms with Crippen LogP contribution in [-0.2, 0) is 13.0 Å². The standard InChI is InChI=1S/C41H45F2N3O/c1-6-30(4)44-39(26-32-14-17-36(42)18-15-32)38-19-16-35(24-29(38)3)41(47)45-22-20-34(21-23-45)31(5)46(40-13-8-7-10-28(40)2)27-33-11-9-12-37(43)25-33/h7-19,24-25,30,34H,5-6,20-23,26-27H2,1-4H3. The molecule has 1 amide bonds. The first-order chi connectivity index (χ1) is 22.6. The zero-order valence-corrected chi connectivity index (χ0v) is 28.0. The minimum absolute atomic E-state index is 0.0261. The van der Waals surface area contributed by atoms with Crippen LogP contribution < -0.4 is 4.90 Å². The molecule has 1 aliphatic rings. The molecule has 0 N–H and O–H groups in total. The second-order valence-electron chi connectivity index (χ2n) is 12.7. The number of nitrogens with zero attached hydrogens (tertiary/aromatic N) is 3. The molecule has 0 bridgehead atoms. The van der Waals surface area contributed by atoms with E-state index in [0.29, 0.717) is 31.6 Å². The molecule has 244 valence electrons. The van der Waals surface area contributed by atoms with Crippen LogP contribution in [0.4, 0.5) is 14.5 Å². The van der Waals surface area contributed by atoms with Gasteiger partial charge in [-0.15, -0.1) is 0 Å². The summed E-state index contributed by atoms with van der Waals surface area (Å²) in [6.07, 6.45) is 3.11. The number of allylic oxidation sites excluding steroid dienone is 1. The third kappa shape index (κ3) is 8.42. The van der Waals surface area contributed by atoms with E-state index < -0.39 is 0 Å². The lowest BCUT2D eigenvalue weighted by Crippen LogP contribution is -2.40. The third-order valence-electron chi connectivity index (χ3n) is 9.27. The fourth-order valence-corrected chi connectivity index (χ4v) is 6.33. The number of para-hydroxylation sites is 1. The molecular formula is C41H45F2N3O.